The molecule has 0 atom stereocenters. The minimum atomic E-state index is -0.304. The van der Waals surface area contributed by atoms with E-state index in [-0.39, 0.29) is 24.1 Å². The molecule has 0 fully saturated rings. The molecular weight excluding hydrogens is 517 g/mol. The number of anilines is 1. The summed E-state index contributed by atoms with van der Waals surface area (Å²) in [5.41, 5.74) is 1.21. The molecule has 2 aromatic carbocycles. The van der Waals surface area contributed by atoms with Crippen LogP contribution >= 0.6 is 46.6 Å². The molecule has 0 bridgehead atoms. The lowest BCUT2D eigenvalue weighted by Gasteiger charge is -2.09. The number of amides is 2. The van der Waals surface area contributed by atoms with Crippen LogP contribution in [0.4, 0.5) is 5.69 Å². The van der Waals surface area contributed by atoms with Gasteiger partial charge in [0.1, 0.15) is 0 Å². The van der Waals surface area contributed by atoms with E-state index in [1.807, 2.05) is 18.2 Å². The first-order chi connectivity index (χ1) is 16.4. The van der Waals surface area contributed by atoms with E-state index >= 15 is 0 Å². The Morgan fingerprint density at radius 2 is 1.88 bits per heavy atom. The first-order valence-corrected chi connectivity index (χ1v) is 12.1. The van der Waals surface area contributed by atoms with Gasteiger partial charge in [0.25, 0.3) is 0 Å². The summed E-state index contributed by atoms with van der Waals surface area (Å²) in [6.45, 7) is 4.32. The van der Waals surface area contributed by atoms with Crippen molar-refractivity contribution in [2.24, 2.45) is 0 Å². The Morgan fingerprint density at radius 1 is 1.09 bits per heavy atom. The maximum Gasteiger partial charge on any atom is 0.244 e. The van der Waals surface area contributed by atoms with Gasteiger partial charge in [-0.15, -0.1) is 16.8 Å². The molecule has 3 aromatic rings. The summed E-state index contributed by atoms with van der Waals surface area (Å²) < 4.78 is 1.78. The number of nitrogens with one attached hydrogen (secondary N) is 2. The highest BCUT2D eigenvalue weighted by atomic mass is 35.5. The molecular formula is C23H20Cl3N5O2S. The Morgan fingerprint density at radius 3 is 2.62 bits per heavy atom. The van der Waals surface area contributed by atoms with Gasteiger partial charge in [-0.25, -0.2) is 0 Å². The number of allylic oxidation sites excluding steroid dienone is 1. The van der Waals surface area contributed by atoms with Crippen molar-refractivity contribution in [3.8, 4) is 0 Å². The van der Waals surface area contributed by atoms with Gasteiger partial charge in [-0.1, -0.05) is 70.8 Å². The summed E-state index contributed by atoms with van der Waals surface area (Å²) in [7, 11) is 0. The van der Waals surface area contributed by atoms with Crippen LogP contribution in [0.2, 0.25) is 15.1 Å². The van der Waals surface area contributed by atoms with Crippen molar-refractivity contribution in [2.75, 3.05) is 11.1 Å². The highest BCUT2D eigenvalue weighted by Gasteiger charge is 2.15. The average Bonchev–Trinajstić information content (AvgIpc) is 3.19. The quantitative estimate of drug-likeness (QED) is 0.203. The Kier molecular flexibility index (Phi) is 9.59. The number of halogens is 3. The van der Waals surface area contributed by atoms with Gasteiger partial charge in [0, 0.05) is 22.7 Å². The summed E-state index contributed by atoms with van der Waals surface area (Å²) in [5.74, 6) is 0.0488. The zero-order valence-electron chi connectivity index (χ0n) is 17.8. The molecule has 0 saturated heterocycles. The van der Waals surface area contributed by atoms with Crippen LogP contribution in [0, 0.1) is 0 Å². The number of thioether (sulfide) groups is 1. The predicted octanol–water partition coefficient (Wildman–Crippen LogP) is 5.48. The zero-order valence-corrected chi connectivity index (χ0v) is 20.9. The maximum atomic E-state index is 12.4. The van der Waals surface area contributed by atoms with Crippen molar-refractivity contribution in [2.45, 2.75) is 18.2 Å². The fourth-order valence-electron chi connectivity index (χ4n) is 2.78. The van der Waals surface area contributed by atoms with Crippen molar-refractivity contribution >= 4 is 70.1 Å². The van der Waals surface area contributed by atoms with E-state index in [1.165, 1.54) is 17.8 Å². The predicted molar refractivity (Wildman–Crippen MR) is 138 cm³/mol. The number of rotatable bonds is 10. The van der Waals surface area contributed by atoms with Gasteiger partial charge in [0.15, 0.2) is 11.0 Å². The third-order valence-electron chi connectivity index (χ3n) is 4.38. The van der Waals surface area contributed by atoms with Crippen LogP contribution in [0.25, 0.3) is 6.08 Å². The summed E-state index contributed by atoms with van der Waals surface area (Å²) in [4.78, 5) is 24.6. The topological polar surface area (TPSA) is 88.9 Å². The molecule has 0 radical (unpaired) electrons. The van der Waals surface area contributed by atoms with Gasteiger partial charge < -0.3 is 15.2 Å². The molecule has 0 aliphatic rings. The zero-order chi connectivity index (χ0) is 24.5. The summed E-state index contributed by atoms with van der Waals surface area (Å²) >= 11 is 19.3. The van der Waals surface area contributed by atoms with Crippen LogP contribution in [0.5, 0.6) is 0 Å². The fourth-order valence-corrected chi connectivity index (χ4v) is 4.20. The third kappa shape index (κ3) is 7.36. The lowest BCUT2D eigenvalue weighted by atomic mass is 10.2. The van der Waals surface area contributed by atoms with Crippen LogP contribution in [0.1, 0.15) is 11.4 Å². The molecule has 7 nitrogen and oxygen atoms in total. The minimum absolute atomic E-state index is 0.0845. The fraction of sp³-hybridized carbons (Fsp3) is 0.130. The van der Waals surface area contributed by atoms with E-state index in [4.69, 9.17) is 34.8 Å². The smallest absolute Gasteiger partial charge is 0.244 e. The van der Waals surface area contributed by atoms with Crippen molar-refractivity contribution in [1.82, 2.24) is 20.1 Å². The molecule has 34 heavy (non-hydrogen) atoms. The molecule has 1 heterocycles. The number of benzene rings is 2. The van der Waals surface area contributed by atoms with Gasteiger partial charge >= 0.3 is 0 Å². The maximum absolute atomic E-state index is 12.4. The van der Waals surface area contributed by atoms with Gasteiger partial charge in [-0.05, 0) is 35.9 Å². The number of nitrogens with zero attached hydrogens (tertiary/aromatic N) is 3. The van der Waals surface area contributed by atoms with E-state index in [2.05, 4.69) is 27.4 Å². The third-order valence-corrected chi connectivity index (χ3v) is 6.24. The molecule has 2 amide bonds. The number of hydrogen-bond acceptors (Lipinski definition) is 5. The molecule has 2 N–H and O–H groups in total. The van der Waals surface area contributed by atoms with Crippen LogP contribution < -0.4 is 10.6 Å². The van der Waals surface area contributed by atoms with Crippen molar-refractivity contribution in [1.29, 1.82) is 0 Å². The number of carbonyl (C=O) groups excluding carboxylic acids is 2. The van der Waals surface area contributed by atoms with Crippen molar-refractivity contribution in [3.05, 3.63) is 87.7 Å². The number of hydrogen-bond donors (Lipinski definition) is 2. The Bertz CT molecular complexity index is 1230. The normalized spacial score (nSPS) is 10.9. The molecule has 1 aromatic heterocycles. The van der Waals surface area contributed by atoms with E-state index in [9.17, 15) is 9.59 Å². The number of aromatic nitrogens is 3. The first-order valence-electron chi connectivity index (χ1n) is 9.98. The number of carbonyl (C=O) groups is 2. The monoisotopic (exact) mass is 535 g/mol. The summed E-state index contributed by atoms with van der Waals surface area (Å²) in [6.07, 6.45) is 4.72. The van der Waals surface area contributed by atoms with Gasteiger partial charge in [0.05, 0.1) is 23.0 Å². The molecule has 0 aliphatic heterocycles. The van der Waals surface area contributed by atoms with Gasteiger partial charge in [-0.2, -0.15) is 0 Å². The molecule has 3 rings (SSSR count). The molecule has 0 unspecified atom stereocenters. The molecule has 0 spiro atoms. The Hall–Kier alpha value is -2.78. The molecule has 176 valence electrons. The second kappa shape index (κ2) is 12.6. The molecule has 0 aliphatic carbocycles. The van der Waals surface area contributed by atoms with Crippen molar-refractivity contribution < 1.29 is 9.59 Å². The molecule has 11 heteroatoms. The lowest BCUT2D eigenvalue weighted by Crippen LogP contribution is -2.23. The average molecular weight is 537 g/mol. The molecule has 0 saturated carbocycles. The SMILES string of the molecule is C=CCn1c(CNC(=O)/C=C/c2ccccc2Cl)nnc1SCC(=O)Nc1ccc(Cl)cc1Cl. The van der Waals surface area contributed by atoms with E-state index < -0.39 is 0 Å². The van der Waals surface area contributed by atoms with Gasteiger partial charge in [-0.3, -0.25) is 9.59 Å². The van der Waals surface area contributed by atoms with Crippen LogP contribution in [0.3, 0.4) is 0 Å². The van der Waals surface area contributed by atoms with E-state index in [0.29, 0.717) is 38.3 Å². The first kappa shape index (κ1) is 25.8. The van der Waals surface area contributed by atoms with Crippen LogP contribution in [0.15, 0.2) is 66.4 Å². The highest BCUT2D eigenvalue weighted by Crippen LogP contribution is 2.26. The standard InChI is InChI=1S/C23H20Cl3N5O2S/c1-2-11-31-20(13-27-21(32)10-7-15-5-3-4-6-17(15)25)29-30-23(31)34-14-22(33)28-19-9-8-16(24)12-18(19)26/h2-10,12H,1,11,13-14H2,(H,27,32)(H,28,33)/b10-7+. The van der Waals surface area contributed by atoms with Gasteiger partial charge in [0.2, 0.25) is 11.8 Å². The second-order valence-electron chi connectivity index (χ2n) is 6.83. The highest BCUT2D eigenvalue weighted by molar-refractivity contribution is 7.99. The second-order valence-corrected chi connectivity index (χ2v) is 9.03. The largest absolute Gasteiger partial charge is 0.345 e. The van der Waals surface area contributed by atoms with Crippen LogP contribution in [-0.4, -0.2) is 32.3 Å². The minimum Gasteiger partial charge on any atom is -0.345 e. The van der Waals surface area contributed by atoms with E-state index in [0.717, 1.165) is 5.56 Å². The van der Waals surface area contributed by atoms with Crippen molar-refractivity contribution in [3.63, 3.8) is 0 Å². The summed E-state index contributed by atoms with van der Waals surface area (Å²) in [6, 6.07) is 12.0. The lowest BCUT2D eigenvalue weighted by molar-refractivity contribution is -0.116. The van der Waals surface area contributed by atoms with E-state index in [1.54, 1.807) is 41.0 Å². The Balaban J connectivity index is 1.58. The summed E-state index contributed by atoms with van der Waals surface area (Å²) in [5, 5.41) is 15.7. The van der Waals surface area contributed by atoms with Crippen LogP contribution in [-0.2, 0) is 22.7 Å². The Labute approximate surface area is 216 Å².